The minimum absolute atomic E-state index is 0.0321. The maximum Gasteiger partial charge on any atom is 0.186 e. The smallest absolute Gasteiger partial charge is 0.186 e. The molecule has 1 heterocycles. The summed E-state index contributed by atoms with van der Waals surface area (Å²) in [4.78, 5) is 14.0. The normalized spacial score (nSPS) is 13.3. The average molecular weight is 247 g/mol. The quantitative estimate of drug-likeness (QED) is 0.797. The highest BCUT2D eigenvalue weighted by atomic mass is 16.5. The number of Topliss-reactive ketones (excluding diaryl/α,β-unsaturated/α-hetero) is 1. The Bertz CT molecular complexity index is 471. The molecule has 0 amide bonds. The molecule has 0 fully saturated rings. The van der Waals surface area contributed by atoms with Crippen molar-refractivity contribution in [1.29, 1.82) is 0 Å². The molecule has 95 valence electrons. The van der Waals surface area contributed by atoms with Crippen molar-refractivity contribution in [1.82, 2.24) is 10.2 Å². The van der Waals surface area contributed by atoms with Crippen LogP contribution in [0.3, 0.4) is 0 Å². The Kier molecular flexibility index (Phi) is 3.72. The lowest BCUT2D eigenvalue weighted by Gasteiger charge is -2.14. The molecule has 0 spiro atoms. The topological polar surface area (TPSA) is 50.8 Å². The number of benzene rings is 1. The van der Waals surface area contributed by atoms with Crippen LogP contribution in [0.15, 0.2) is 30.6 Å². The van der Waals surface area contributed by atoms with Gasteiger partial charge in [0.15, 0.2) is 5.78 Å². The number of hydrogen-bond donors (Lipinski definition) is 1. The minimum atomic E-state index is -0.0321. The Hall–Kier alpha value is -2.17. The second-order valence-electron chi connectivity index (χ2n) is 3.77. The highest BCUT2D eigenvalue weighted by Crippen LogP contribution is 2.24. The zero-order valence-electron chi connectivity index (χ0n) is 10.3. The van der Waals surface area contributed by atoms with Crippen LogP contribution in [0, 0.1) is 6.67 Å². The molecule has 1 N–H and O–H groups in total. The Balaban J connectivity index is 2.19. The third kappa shape index (κ3) is 2.56. The van der Waals surface area contributed by atoms with Crippen LogP contribution in [0.25, 0.3) is 0 Å². The van der Waals surface area contributed by atoms with Gasteiger partial charge in [0.2, 0.25) is 0 Å². The number of carbonyl (C=O) groups excluding carboxylic acids is 1. The molecule has 0 saturated carbocycles. The van der Waals surface area contributed by atoms with E-state index in [1.54, 1.807) is 56.4 Å². The fourth-order valence-corrected chi connectivity index (χ4v) is 1.70. The van der Waals surface area contributed by atoms with Gasteiger partial charge in [-0.3, -0.25) is 4.79 Å². The summed E-state index contributed by atoms with van der Waals surface area (Å²) < 4.78 is 10.3. The second kappa shape index (κ2) is 5.44. The molecule has 1 radical (unpaired) electrons. The first-order valence-electron chi connectivity index (χ1n) is 5.51. The highest BCUT2D eigenvalue weighted by molar-refractivity contribution is 6.00. The fourth-order valence-electron chi connectivity index (χ4n) is 1.70. The van der Waals surface area contributed by atoms with E-state index in [2.05, 4.69) is 5.32 Å². The standard InChI is InChI=1S/C13H15N2O3/c1-17-10-3-4-13(18-2)11(7-10)12(16)8-15-6-5-14-9-15/h3-7,9,14H,8H2,1-2H3. The van der Waals surface area contributed by atoms with Crippen molar-refractivity contribution >= 4 is 5.78 Å². The lowest BCUT2D eigenvalue weighted by Crippen LogP contribution is -2.23. The summed E-state index contributed by atoms with van der Waals surface area (Å²) in [7, 11) is 3.11. The van der Waals surface area contributed by atoms with Crippen LogP contribution in [0.1, 0.15) is 10.4 Å². The summed E-state index contributed by atoms with van der Waals surface area (Å²) in [5.74, 6) is 1.16. The lowest BCUT2D eigenvalue weighted by molar-refractivity contribution is 0.0962. The van der Waals surface area contributed by atoms with Gasteiger partial charge >= 0.3 is 0 Å². The van der Waals surface area contributed by atoms with Gasteiger partial charge in [-0.15, -0.1) is 0 Å². The minimum Gasteiger partial charge on any atom is -0.497 e. The molecule has 0 aliphatic carbocycles. The van der Waals surface area contributed by atoms with Crippen molar-refractivity contribution in [3.05, 3.63) is 42.8 Å². The van der Waals surface area contributed by atoms with Gasteiger partial charge in [0, 0.05) is 12.4 Å². The van der Waals surface area contributed by atoms with Gasteiger partial charge in [-0.25, -0.2) is 0 Å². The average Bonchev–Trinajstić information content (AvgIpc) is 2.90. The van der Waals surface area contributed by atoms with Crippen molar-refractivity contribution in [3.8, 4) is 11.5 Å². The van der Waals surface area contributed by atoms with E-state index in [0.717, 1.165) is 0 Å². The number of ether oxygens (including phenoxy) is 2. The molecule has 0 unspecified atom stereocenters. The zero-order valence-corrected chi connectivity index (χ0v) is 10.3. The summed E-state index contributed by atoms with van der Waals surface area (Å²) in [6.45, 7) is 1.98. The van der Waals surface area contributed by atoms with E-state index >= 15 is 0 Å². The molecule has 18 heavy (non-hydrogen) atoms. The molecule has 5 nitrogen and oxygen atoms in total. The molecule has 2 rings (SSSR count). The molecule has 1 aromatic rings. The summed E-state index contributed by atoms with van der Waals surface area (Å²) >= 11 is 0. The van der Waals surface area contributed by atoms with Crippen LogP contribution in [-0.4, -0.2) is 31.4 Å². The zero-order chi connectivity index (χ0) is 13.0. The van der Waals surface area contributed by atoms with Crippen LogP contribution in [0.4, 0.5) is 0 Å². The molecule has 0 saturated heterocycles. The number of carbonyl (C=O) groups is 1. The molecule has 1 aliphatic heterocycles. The number of nitrogens with zero attached hydrogens (tertiary/aromatic N) is 1. The van der Waals surface area contributed by atoms with Crippen LogP contribution < -0.4 is 14.8 Å². The van der Waals surface area contributed by atoms with E-state index in [-0.39, 0.29) is 12.3 Å². The first-order chi connectivity index (χ1) is 8.74. The van der Waals surface area contributed by atoms with Crippen molar-refractivity contribution in [2.45, 2.75) is 0 Å². The highest BCUT2D eigenvalue weighted by Gasteiger charge is 2.17. The predicted octanol–water partition coefficient (Wildman–Crippen LogP) is 1.38. The Labute approximate surface area is 106 Å². The van der Waals surface area contributed by atoms with Crippen molar-refractivity contribution in [2.24, 2.45) is 0 Å². The number of rotatable bonds is 5. The van der Waals surface area contributed by atoms with Gasteiger partial charge in [-0.2, -0.15) is 0 Å². The van der Waals surface area contributed by atoms with E-state index < -0.39 is 0 Å². The summed E-state index contributed by atoms with van der Waals surface area (Å²) in [6.07, 6.45) is 3.56. The fraction of sp³-hybridized carbons (Fsp3) is 0.231. The van der Waals surface area contributed by atoms with Gasteiger partial charge in [-0.05, 0) is 18.2 Å². The van der Waals surface area contributed by atoms with Crippen molar-refractivity contribution < 1.29 is 14.3 Å². The molecule has 0 aromatic heterocycles. The number of hydrogen-bond acceptors (Lipinski definition) is 5. The molecule has 1 aromatic carbocycles. The first kappa shape index (κ1) is 12.3. The van der Waals surface area contributed by atoms with Crippen LogP contribution in [-0.2, 0) is 0 Å². The summed E-state index contributed by atoms with van der Waals surface area (Å²) in [5.41, 5.74) is 0.519. The van der Waals surface area contributed by atoms with Crippen LogP contribution in [0.2, 0.25) is 0 Å². The molecule has 5 heteroatoms. The number of nitrogens with one attached hydrogen (secondary N) is 1. The van der Waals surface area contributed by atoms with E-state index in [9.17, 15) is 4.79 Å². The van der Waals surface area contributed by atoms with E-state index in [1.807, 2.05) is 0 Å². The number of methoxy groups -OCH3 is 2. The van der Waals surface area contributed by atoms with Crippen LogP contribution in [0.5, 0.6) is 11.5 Å². The monoisotopic (exact) mass is 247 g/mol. The van der Waals surface area contributed by atoms with E-state index in [0.29, 0.717) is 17.1 Å². The second-order valence-corrected chi connectivity index (χ2v) is 3.77. The molecular weight excluding hydrogens is 232 g/mol. The van der Waals surface area contributed by atoms with Gasteiger partial charge in [0.25, 0.3) is 0 Å². The lowest BCUT2D eigenvalue weighted by atomic mass is 10.1. The SMILES string of the molecule is COc1ccc(OC)c(C(=O)CN2[CH]NC=C2)c1. The van der Waals surface area contributed by atoms with Crippen LogP contribution >= 0.6 is 0 Å². The first-order valence-corrected chi connectivity index (χ1v) is 5.51. The van der Waals surface area contributed by atoms with Gasteiger partial charge < -0.3 is 19.7 Å². The molecule has 1 aliphatic rings. The molecule has 0 bridgehead atoms. The predicted molar refractivity (Wildman–Crippen MR) is 67.2 cm³/mol. The van der Waals surface area contributed by atoms with Gasteiger partial charge in [-0.1, -0.05) is 0 Å². The van der Waals surface area contributed by atoms with E-state index in [4.69, 9.17) is 9.47 Å². The Morgan fingerprint density at radius 1 is 1.33 bits per heavy atom. The van der Waals surface area contributed by atoms with Crippen molar-refractivity contribution in [3.63, 3.8) is 0 Å². The van der Waals surface area contributed by atoms with E-state index in [1.165, 1.54) is 0 Å². The third-order valence-corrected chi connectivity index (χ3v) is 2.64. The van der Waals surface area contributed by atoms with Crippen molar-refractivity contribution in [2.75, 3.05) is 20.8 Å². The summed E-state index contributed by atoms with van der Waals surface area (Å²) in [6, 6.07) is 5.18. The number of ketones is 1. The summed E-state index contributed by atoms with van der Waals surface area (Å²) in [5, 5.41) is 2.89. The maximum atomic E-state index is 12.2. The Morgan fingerprint density at radius 3 is 2.78 bits per heavy atom. The molecular formula is C13H15N2O3. The maximum absolute atomic E-state index is 12.2. The molecule has 0 atom stereocenters. The third-order valence-electron chi connectivity index (χ3n) is 2.64. The van der Waals surface area contributed by atoms with Gasteiger partial charge in [0.1, 0.15) is 18.2 Å². The largest absolute Gasteiger partial charge is 0.497 e. The van der Waals surface area contributed by atoms with Gasteiger partial charge in [0.05, 0.1) is 26.3 Å². The Morgan fingerprint density at radius 2 is 2.17 bits per heavy atom.